The molecule has 176 valence electrons. The monoisotopic (exact) mass is 452 g/mol. The van der Waals surface area contributed by atoms with Gasteiger partial charge in [0.2, 0.25) is 5.91 Å². The van der Waals surface area contributed by atoms with Gasteiger partial charge in [0, 0.05) is 19.0 Å². The highest BCUT2D eigenvalue weighted by Gasteiger charge is 2.37. The van der Waals surface area contributed by atoms with Crippen LogP contribution in [0.3, 0.4) is 0 Å². The molecule has 1 aliphatic carbocycles. The molecule has 1 atom stereocenters. The molecule has 2 amide bonds. The fourth-order valence-corrected chi connectivity index (χ4v) is 4.32. The van der Waals surface area contributed by atoms with Crippen molar-refractivity contribution >= 4 is 18.0 Å². The first-order valence-corrected chi connectivity index (χ1v) is 11.4. The van der Waals surface area contributed by atoms with Crippen LogP contribution in [0.2, 0.25) is 0 Å². The second-order valence-corrected chi connectivity index (χ2v) is 8.57. The number of carboxylic acid groups (broad SMARTS) is 1. The quantitative estimate of drug-likeness (QED) is 0.557. The Morgan fingerprint density at radius 2 is 1.58 bits per heavy atom. The van der Waals surface area contributed by atoms with Crippen LogP contribution in [0.25, 0.3) is 11.1 Å². The molecule has 2 aromatic rings. The molecule has 3 rings (SSSR count). The van der Waals surface area contributed by atoms with Crippen LogP contribution in [0.4, 0.5) is 4.79 Å². The maximum atomic E-state index is 13.2. The first-order valence-electron chi connectivity index (χ1n) is 11.4. The van der Waals surface area contributed by atoms with Gasteiger partial charge in [-0.05, 0) is 42.0 Å². The first kappa shape index (κ1) is 24.3. The van der Waals surface area contributed by atoms with E-state index in [0.717, 1.165) is 22.3 Å². The van der Waals surface area contributed by atoms with Crippen LogP contribution >= 0.6 is 0 Å². The molecule has 2 N–H and O–H groups in total. The molecule has 0 aromatic heterocycles. The fraction of sp³-hybridized carbons (Fsp3) is 0.423. The van der Waals surface area contributed by atoms with Crippen molar-refractivity contribution in [2.45, 2.75) is 51.5 Å². The number of hydrogen-bond acceptors (Lipinski definition) is 4. The number of hydrogen-bond donors (Lipinski definition) is 2. The predicted molar refractivity (Wildman–Crippen MR) is 126 cm³/mol. The highest BCUT2D eigenvalue weighted by Crippen LogP contribution is 2.44. The molecule has 0 aliphatic heterocycles. The topological polar surface area (TPSA) is 95.9 Å². The van der Waals surface area contributed by atoms with E-state index in [0.29, 0.717) is 19.4 Å². The zero-order valence-corrected chi connectivity index (χ0v) is 19.5. The number of nitrogens with one attached hydrogen (secondary N) is 1. The van der Waals surface area contributed by atoms with Gasteiger partial charge >= 0.3 is 12.1 Å². The Kier molecular flexibility index (Phi) is 7.74. The fourth-order valence-electron chi connectivity index (χ4n) is 4.32. The van der Waals surface area contributed by atoms with Crippen LogP contribution in [0, 0.1) is 0 Å². The molecule has 0 saturated heterocycles. The lowest BCUT2D eigenvalue weighted by molar-refractivity contribution is -0.141. The molecule has 0 saturated carbocycles. The first-order chi connectivity index (χ1) is 15.8. The van der Waals surface area contributed by atoms with E-state index >= 15 is 0 Å². The summed E-state index contributed by atoms with van der Waals surface area (Å²) >= 11 is 0. The molecule has 7 heteroatoms. The average Bonchev–Trinajstić information content (AvgIpc) is 3.13. The van der Waals surface area contributed by atoms with Gasteiger partial charge in [0.1, 0.15) is 12.1 Å². The van der Waals surface area contributed by atoms with Gasteiger partial charge in [-0.3, -0.25) is 9.59 Å². The number of carbonyl (C=O) groups is 3. The molecule has 1 aliphatic rings. The lowest BCUT2D eigenvalue weighted by Crippen LogP contribution is -2.58. The number of alkyl carbamates (subject to hydrolysis) is 1. The minimum Gasteiger partial charge on any atom is -0.481 e. The zero-order chi connectivity index (χ0) is 24.0. The van der Waals surface area contributed by atoms with Crippen LogP contribution in [-0.2, 0) is 14.3 Å². The van der Waals surface area contributed by atoms with Crippen molar-refractivity contribution in [3.05, 3.63) is 59.7 Å². The third kappa shape index (κ3) is 5.35. The van der Waals surface area contributed by atoms with Crippen molar-refractivity contribution in [2.24, 2.45) is 0 Å². The largest absolute Gasteiger partial charge is 0.481 e. The second-order valence-electron chi connectivity index (χ2n) is 8.57. The lowest BCUT2D eigenvalue weighted by Gasteiger charge is -2.34. The van der Waals surface area contributed by atoms with Crippen molar-refractivity contribution in [2.75, 3.05) is 19.7 Å². The van der Waals surface area contributed by atoms with E-state index in [1.807, 2.05) is 50.2 Å². The van der Waals surface area contributed by atoms with Gasteiger partial charge in [-0.15, -0.1) is 0 Å². The molecule has 0 fully saturated rings. The van der Waals surface area contributed by atoms with Crippen LogP contribution in [-0.4, -0.2) is 53.2 Å². The van der Waals surface area contributed by atoms with Crippen molar-refractivity contribution < 1.29 is 24.2 Å². The van der Waals surface area contributed by atoms with E-state index in [1.165, 1.54) is 4.90 Å². The minimum atomic E-state index is -1.18. The average molecular weight is 453 g/mol. The summed E-state index contributed by atoms with van der Waals surface area (Å²) in [5.41, 5.74) is 3.33. The van der Waals surface area contributed by atoms with E-state index in [4.69, 9.17) is 9.84 Å². The molecule has 0 heterocycles. The van der Waals surface area contributed by atoms with Gasteiger partial charge in [0.25, 0.3) is 0 Å². The molecule has 33 heavy (non-hydrogen) atoms. The molecular weight excluding hydrogens is 420 g/mol. The highest BCUT2D eigenvalue weighted by atomic mass is 16.5. The van der Waals surface area contributed by atoms with E-state index in [9.17, 15) is 14.4 Å². The smallest absolute Gasteiger partial charge is 0.408 e. The summed E-state index contributed by atoms with van der Waals surface area (Å²) in [6.45, 7) is 6.07. The SMILES string of the molecule is CCCN(CCC(=O)O)C(=O)C(C)(CC)NC(=O)OCC1c2ccccc2-c2ccccc21. The van der Waals surface area contributed by atoms with Crippen molar-refractivity contribution in [1.82, 2.24) is 10.2 Å². The molecule has 2 aromatic carbocycles. The standard InChI is InChI=1S/C26H32N2O5/c1-4-15-28(16-14-23(29)30)24(31)26(3,5-2)27-25(32)33-17-22-20-12-8-6-10-18(20)19-11-7-9-13-21(19)22/h6-13,22H,4-5,14-17H2,1-3H3,(H,27,32)(H,29,30). The molecule has 0 bridgehead atoms. The number of ether oxygens (including phenoxy) is 1. The van der Waals surface area contributed by atoms with Crippen LogP contribution in [0.5, 0.6) is 0 Å². The normalized spacial score (nSPS) is 14.0. The van der Waals surface area contributed by atoms with E-state index in [2.05, 4.69) is 17.4 Å². The lowest BCUT2D eigenvalue weighted by atomic mass is 9.96. The van der Waals surface area contributed by atoms with Gasteiger partial charge in [-0.1, -0.05) is 62.4 Å². The van der Waals surface area contributed by atoms with Gasteiger partial charge in [0.15, 0.2) is 0 Å². The number of rotatable bonds is 10. The van der Waals surface area contributed by atoms with Gasteiger partial charge < -0.3 is 20.1 Å². The summed E-state index contributed by atoms with van der Waals surface area (Å²) in [6.07, 6.45) is 0.236. The van der Waals surface area contributed by atoms with Crippen molar-refractivity contribution in [3.63, 3.8) is 0 Å². The Hall–Kier alpha value is -3.35. The number of benzene rings is 2. The zero-order valence-electron chi connectivity index (χ0n) is 19.5. The summed E-state index contributed by atoms with van der Waals surface area (Å²) in [7, 11) is 0. The summed E-state index contributed by atoms with van der Waals surface area (Å²) in [5.74, 6) is -1.34. The Morgan fingerprint density at radius 1 is 1.00 bits per heavy atom. The van der Waals surface area contributed by atoms with E-state index in [-0.39, 0.29) is 31.4 Å². The van der Waals surface area contributed by atoms with Gasteiger partial charge in [-0.25, -0.2) is 4.79 Å². The molecule has 0 spiro atoms. The van der Waals surface area contributed by atoms with Gasteiger partial charge in [0.05, 0.1) is 6.42 Å². The van der Waals surface area contributed by atoms with Crippen molar-refractivity contribution in [1.29, 1.82) is 0 Å². The Bertz CT molecular complexity index is 976. The summed E-state index contributed by atoms with van der Waals surface area (Å²) in [6, 6.07) is 16.2. The van der Waals surface area contributed by atoms with Crippen LogP contribution in [0.1, 0.15) is 57.1 Å². The second kappa shape index (κ2) is 10.5. The third-order valence-electron chi connectivity index (χ3n) is 6.28. The Balaban J connectivity index is 1.69. The summed E-state index contributed by atoms with van der Waals surface area (Å²) < 4.78 is 5.61. The molecular formula is C26H32N2O5. The Morgan fingerprint density at radius 3 is 2.09 bits per heavy atom. The maximum Gasteiger partial charge on any atom is 0.408 e. The summed E-state index contributed by atoms with van der Waals surface area (Å²) in [4.78, 5) is 38.4. The van der Waals surface area contributed by atoms with Gasteiger partial charge in [-0.2, -0.15) is 0 Å². The highest BCUT2D eigenvalue weighted by molar-refractivity contribution is 5.90. The number of amides is 2. The molecule has 0 radical (unpaired) electrons. The number of carboxylic acids is 1. The molecule has 1 unspecified atom stereocenters. The molecule has 7 nitrogen and oxygen atoms in total. The number of fused-ring (bicyclic) bond motifs is 3. The van der Waals surface area contributed by atoms with E-state index in [1.54, 1.807) is 6.92 Å². The predicted octanol–water partition coefficient (Wildman–Crippen LogP) is 4.41. The van der Waals surface area contributed by atoms with Crippen molar-refractivity contribution in [3.8, 4) is 11.1 Å². The summed E-state index contributed by atoms with van der Waals surface area (Å²) in [5, 5.41) is 11.7. The Labute approximate surface area is 194 Å². The third-order valence-corrected chi connectivity index (χ3v) is 6.28. The minimum absolute atomic E-state index is 0.0705. The number of carbonyl (C=O) groups excluding carboxylic acids is 2. The van der Waals surface area contributed by atoms with Crippen LogP contribution in [0.15, 0.2) is 48.5 Å². The number of aliphatic carboxylic acids is 1. The van der Waals surface area contributed by atoms with E-state index < -0.39 is 17.6 Å². The maximum absolute atomic E-state index is 13.2. The number of nitrogens with zero attached hydrogens (tertiary/aromatic N) is 1. The van der Waals surface area contributed by atoms with Crippen LogP contribution < -0.4 is 5.32 Å².